The molecule has 0 aliphatic carbocycles. The summed E-state index contributed by atoms with van der Waals surface area (Å²) in [7, 11) is 0. The molecule has 0 aromatic heterocycles. The summed E-state index contributed by atoms with van der Waals surface area (Å²) in [4.78, 5) is 1.87. The molecule has 1 heterocycles. The first-order valence-electron chi connectivity index (χ1n) is 4.51. The van der Waals surface area contributed by atoms with E-state index >= 15 is 0 Å². The van der Waals surface area contributed by atoms with Crippen molar-refractivity contribution in [3.63, 3.8) is 0 Å². The van der Waals surface area contributed by atoms with Crippen molar-refractivity contribution in [2.24, 2.45) is 5.92 Å². The van der Waals surface area contributed by atoms with Crippen LogP contribution in [0.5, 0.6) is 0 Å². The quantitative estimate of drug-likeness (QED) is 0.566. The van der Waals surface area contributed by atoms with E-state index < -0.39 is 0 Å². The Bertz CT molecular complexity index is 140. The summed E-state index contributed by atoms with van der Waals surface area (Å²) >= 11 is 0. The third kappa shape index (κ3) is 2.42. The van der Waals surface area contributed by atoms with E-state index in [9.17, 15) is 0 Å². The number of hydrogen-bond donors (Lipinski definition) is 0. The lowest BCUT2D eigenvalue weighted by Crippen LogP contribution is -2.29. The SMILES string of the molecule is CCCC1CCN(C#N)CC1. The minimum atomic E-state index is 0.893. The maximum atomic E-state index is 8.58. The van der Waals surface area contributed by atoms with Gasteiger partial charge in [-0.25, -0.2) is 0 Å². The number of nitriles is 1. The lowest BCUT2D eigenvalue weighted by atomic mass is 9.93. The van der Waals surface area contributed by atoms with Gasteiger partial charge >= 0.3 is 0 Å². The third-order valence-corrected chi connectivity index (χ3v) is 2.45. The van der Waals surface area contributed by atoms with Gasteiger partial charge in [0.25, 0.3) is 0 Å². The van der Waals surface area contributed by atoms with Gasteiger partial charge in [-0.3, -0.25) is 0 Å². The zero-order valence-electron chi connectivity index (χ0n) is 7.21. The van der Waals surface area contributed by atoms with Crippen LogP contribution in [0.4, 0.5) is 0 Å². The van der Waals surface area contributed by atoms with Gasteiger partial charge in [-0.1, -0.05) is 19.8 Å². The van der Waals surface area contributed by atoms with Gasteiger partial charge in [-0.05, 0) is 18.8 Å². The molecule has 1 saturated heterocycles. The molecule has 0 N–H and O–H groups in total. The van der Waals surface area contributed by atoms with Crippen molar-refractivity contribution in [1.82, 2.24) is 4.90 Å². The summed E-state index contributed by atoms with van der Waals surface area (Å²) in [5.74, 6) is 0.893. The maximum Gasteiger partial charge on any atom is 0.179 e. The molecule has 2 heteroatoms. The lowest BCUT2D eigenvalue weighted by molar-refractivity contribution is 0.242. The van der Waals surface area contributed by atoms with Gasteiger partial charge in [0.1, 0.15) is 0 Å². The van der Waals surface area contributed by atoms with Gasteiger partial charge in [-0.2, -0.15) is 5.26 Å². The molecule has 0 bridgehead atoms. The minimum Gasteiger partial charge on any atom is -0.311 e. The second-order valence-electron chi connectivity index (χ2n) is 3.32. The summed E-state index contributed by atoms with van der Waals surface area (Å²) in [5.41, 5.74) is 0. The number of piperidine rings is 1. The van der Waals surface area contributed by atoms with Crippen LogP contribution in [0, 0.1) is 17.4 Å². The summed E-state index contributed by atoms with van der Waals surface area (Å²) in [6.07, 6.45) is 7.28. The predicted molar refractivity (Wildman–Crippen MR) is 44.8 cm³/mol. The highest BCUT2D eigenvalue weighted by Gasteiger charge is 2.16. The largest absolute Gasteiger partial charge is 0.311 e. The number of rotatable bonds is 2. The third-order valence-electron chi connectivity index (χ3n) is 2.45. The summed E-state index contributed by atoms with van der Waals surface area (Å²) in [6.45, 7) is 4.21. The molecule has 0 aromatic carbocycles. The van der Waals surface area contributed by atoms with Crippen molar-refractivity contribution >= 4 is 0 Å². The lowest BCUT2D eigenvalue weighted by Gasteiger charge is -2.27. The first-order chi connectivity index (χ1) is 5.36. The van der Waals surface area contributed by atoms with Gasteiger partial charge < -0.3 is 4.90 Å². The average molecular weight is 152 g/mol. The second-order valence-corrected chi connectivity index (χ2v) is 3.32. The standard InChI is InChI=1S/C9H16N2/c1-2-3-9-4-6-11(8-10)7-5-9/h9H,2-7H2,1H3. The van der Waals surface area contributed by atoms with Gasteiger partial charge in [-0.15, -0.1) is 0 Å². The minimum absolute atomic E-state index is 0.893. The summed E-state index contributed by atoms with van der Waals surface area (Å²) in [5, 5.41) is 8.58. The molecule has 0 amide bonds. The van der Waals surface area contributed by atoms with E-state index in [0.717, 1.165) is 19.0 Å². The topological polar surface area (TPSA) is 27.0 Å². The fourth-order valence-electron chi connectivity index (χ4n) is 1.73. The zero-order valence-corrected chi connectivity index (χ0v) is 7.21. The monoisotopic (exact) mass is 152 g/mol. The van der Waals surface area contributed by atoms with Crippen LogP contribution >= 0.6 is 0 Å². The Morgan fingerprint density at radius 3 is 2.55 bits per heavy atom. The first kappa shape index (κ1) is 8.39. The molecule has 1 rings (SSSR count). The van der Waals surface area contributed by atoms with Crippen LogP contribution in [0.1, 0.15) is 32.6 Å². The molecule has 0 aromatic rings. The van der Waals surface area contributed by atoms with Crippen LogP contribution < -0.4 is 0 Å². The highest BCUT2D eigenvalue weighted by molar-refractivity contribution is 4.80. The van der Waals surface area contributed by atoms with Gasteiger partial charge in [0.05, 0.1) is 0 Å². The molecule has 2 nitrogen and oxygen atoms in total. The predicted octanol–water partition coefficient (Wildman–Crippen LogP) is 1.98. The normalized spacial score (nSPS) is 19.8. The average Bonchev–Trinajstić information content (AvgIpc) is 2.07. The van der Waals surface area contributed by atoms with E-state index in [4.69, 9.17) is 5.26 Å². The number of likely N-dealkylation sites (tertiary alicyclic amines) is 1. The molecular formula is C9H16N2. The molecule has 1 aliphatic rings. The van der Waals surface area contributed by atoms with Gasteiger partial charge in [0.15, 0.2) is 6.19 Å². The molecule has 1 fully saturated rings. The van der Waals surface area contributed by atoms with Crippen molar-refractivity contribution in [3.8, 4) is 6.19 Å². The van der Waals surface area contributed by atoms with E-state index in [1.165, 1.54) is 25.7 Å². The fraction of sp³-hybridized carbons (Fsp3) is 0.889. The molecule has 0 saturated carbocycles. The van der Waals surface area contributed by atoms with Crippen molar-refractivity contribution in [1.29, 1.82) is 5.26 Å². The van der Waals surface area contributed by atoms with E-state index in [-0.39, 0.29) is 0 Å². The van der Waals surface area contributed by atoms with Crippen LogP contribution in [0.25, 0.3) is 0 Å². The summed E-state index contributed by atoms with van der Waals surface area (Å²) in [6, 6.07) is 0. The van der Waals surface area contributed by atoms with Crippen molar-refractivity contribution in [3.05, 3.63) is 0 Å². The maximum absolute atomic E-state index is 8.58. The number of hydrogen-bond acceptors (Lipinski definition) is 2. The van der Waals surface area contributed by atoms with Crippen LogP contribution in [0.15, 0.2) is 0 Å². The Labute approximate surface area is 68.8 Å². The highest BCUT2D eigenvalue weighted by atomic mass is 15.1. The molecule has 11 heavy (non-hydrogen) atoms. The zero-order chi connectivity index (χ0) is 8.10. The molecule has 0 radical (unpaired) electrons. The highest BCUT2D eigenvalue weighted by Crippen LogP contribution is 2.20. The molecule has 0 spiro atoms. The summed E-state index contributed by atoms with van der Waals surface area (Å²) < 4.78 is 0. The smallest absolute Gasteiger partial charge is 0.179 e. The second kappa shape index (κ2) is 4.23. The molecular weight excluding hydrogens is 136 g/mol. The van der Waals surface area contributed by atoms with Crippen molar-refractivity contribution < 1.29 is 0 Å². The fourth-order valence-corrected chi connectivity index (χ4v) is 1.73. The Kier molecular flexibility index (Phi) is 3.22. The van der Waals surface area contributed by atoms with Crippen LogP contribution in [0.3, 0.4) is 0 Å². The van der Waals surface area contributed by atoms with Crippen LogP contribution in [-0.2, 0) is 0 Å². The van der Waals surface area contributed by atoms with E-state index in [1.54, 1.807) is 0 Å². The Hall–Kier alpha value is -0.710. The first-order valence-corrected chi connectivity index (χ1v) is 4.51. The Balaban J connectivity index is 2.20. The van der Waals surface area contributed by atoms with E-state index in [0.29, 0.717) is 0 Å². The number of nitrogens with zero attached hydrogens (tertiary/aromatic N) is 2. The molecule has 0 unspecified atom stereocenters. The van der Waals surface area contributed by atoms with Crippen molar-refractivity contribution in [2.75, 3.05) is 13.1 Å². The van der Waals surface area contributed by atoms with Crippen LogP contribution in [-0.4, -0.2) is 18.0 Å². The molecule has 1 aliphatic heterocycles. The molecule has 0 atom stereocenters. The van der Waals surface area contributed by atoms with Crippen molar-refractivity contribution in [2.45, 2.75) is 32.6 Å². The van der Waals surface area contributed by atoms with Gasteiger partial charge in [0.2, 0.25) is 0 Å². The van der Waals surface area contributed by atoms with Crippen LogP contribution in [0.2, 0.25) is 0 Å². The van der Waals surface area contributed by atoms with Gasteiger partial charge in [0, 0.05) is 13.1 Å². The van der Waals surface area contributed by atoms with E-state index in [2.05, 4.69) is 13.1 Å². The molecule has 62 valence electrons. The van der Waals surface area contributed by atoms with E-state index in [1.807, 2.05) is 4.90 Å². The Morgan fingerprint density at radius 2 is 2.09 bits per heavy atom. The Morgan fingerprint density at radius 1 is 1.45 bits per heavy atom.